The molecule has 0 spiro atoms. The standard InChI is InChI=1S/C40H67NO11/c1-2-3-4-5-6-7-8-37-9-13-39(14-10-37)51-35-33-49-31-29-47-27-25-45-23-21-43-19-17-42-18-20-44-22-24-46-26-28-48-30-32-50-34-36-52-40-15-11-38(41)12-16-40/h9-16H,2-8,17-36,41H2,1H3. The van der Waals surface area contributed by atoms with Gasteiger partial charge in [-0.25, -0.2) is 0 Å². The van der Waals surface area contributed by atoms with Crippen LogP contribution < -0.4 is 15.2 Å². The molecule has 2 aromatic carbocycles. The van der Waals surface area contributed by atoms with Gasteiger partial charge >= 0.3 is 0 Å². The highest BCUT2D eigenvalue weighted by atomic mass is 16.6. The molecule has 0 radical (unpaired) electrons. The van der Waals surface area contributed by atoms with Crippen LogP contribution in [0.5, 0.6) is 11.5 Å². The molecule has 0 unspecified atom stereocenters. The van der Waals surface area contributed by atoms with E-state index >= 15 is 0 Å². The lowest BCUT2D eigenvalue weighted by Crippen LogP contribution is -2.15. The quantitative estimate of drug-likeness (QED) is 0.0660. The zero-order valence-electron chi connectivity index (χ0n) is 31.8. The van der Waals surface area contributed by atoms with E-state index in [2.05, 4.69) is 31.2 Å². The summed E-state index contributed by atoms with van der Waals surface area (Å²) in [7, 11) is 0. The normalized spacial score (nSPS) is 11.3. The number of aryl methyl sites for hydroxylation is 1. The average Bonchev–Trinajstić information content (AvgIpc) is 3.16. The molecule has 0 aliphatic heterocycles. The van der Waals surface area contributed by atoms with Crippen LogP contribution in [0.1, 0.15) is 51.0 Å². The summed E-state index contributed by atoms with van der Waals surface area (Å²) in [5.41, 5.74) is 7.74. The summed E-state index contributed by atoms with van der Waals surface area (Å²) in [4.78, 5) is 0. The van der Waals surface area contributed by atoms with Gasteiger partial charge in [-0.05, 0) is 54.8 Å². The third-order valence-electron chi connectivity index (χ3n) is 7.59. The minimum atomic E-state index is 0.476. The minimum Gasteiger partial charge on any atom is -0.491 e. The highest BCUT2D eigenvalue weighted by Crippen LogP contribution is 2.15. The molecule has 0 aliphatic rings. The maximum Gasteiger partial charge on any atom is 0.119 e. The van der Waals surface area contributed by atoms with E-state index in [1.807, 2.05) is 12.1 Å². The number of anilines is 1. The molecule has 298 valence electrons. The Morgan fingerprint density at radius 3 is 0.981 bits per heavy atom. The SMILES string of the molecule is CCCCCCCCc1ccc(OCCOCCOCCOCCOCCOCCOCCOCCOCCOCCOc2ccc(N)cc2)cc1. The first kappa shape index (κ1) is 45.6. The van der Waals surface area contributed by atoms with E-state index in [1.165, 1.54) is 44.1 Å². The van der Waals surface area contributed by atoms with Crippen LogP contribution in [0.4, 0.5) is 5.69 Å². The molecule has 0 aliphatic carbocycles. The largest absolute Gasteiger partial charge is 0.491 e. The number of nitrogens with two attached hydrogens (primary N) is 1. The number of unbranched alkanes of at least 4 members (excludes halogenated alkanes) is 5. The number of rotatable bonds is 39. The van der Waals surface area contributed by atoms with Crippen molar-refractivity contribution < 1.29 is 52.1 Å². The van der Waals surface area contributed by atoms with E-state index in [0.717, 1.165) is 17.9 Å². The highest BCUT2D eigenvalue weighted by molar-refractivity contribution is 5.41. The fraction of sp³-hybridized carbons (Fsp3) is 0.700. The fourth-order valence-electron chi connectivity index (χ4n) is 4.72. The van der Waals surface area contributed by atoms with E-state index in [1.54, 1.807) is 12.1 Å². The monoisotopic (exact) mass is 737 g/mol. The van der Waals surface area contributed by atoms with Crippen LogP contribution in [0.15, 0.2) is 48.5 Å². The molecule has 2 N–H and O–H groups in total. The maximum absolute atomic E-state index is 5.78. The number of ether oxygens (including phenoxy) is 11. The molecular formula is C40H67NO11. The number of nitrogen functional groups attached to an aromatic ring is 1. The third kappa shape index (κ3) is 29.0. The number of hydrogen-bond acceptors (Lipinski definition) is 12. The Morgan fingerprint density at radius 1 is 0.346 bits per heavy atom. The van der Waals surface area contributed by atoms with Gasteiger partial charge in [-0.3, -0.25) is 0 Å². The first-order valence-electron chi connectivity index (χ1n) is 19.2. The van der Waals surface area contributed by atoms with Crippen LogP contribution in [0.3, 0.4) is 0 Å². The number of hydrogen-bond donors (Lipinski definition) is 1. The molecule has 0 heterocycles. The lowest BCUT2D eigenvalue weighted by atomic mass is 10.0. The van der Waals surface area contributed by atoms with Gasteiger partial charge in [0.05, 0.1) is 119 Å². The van der Waals surface area contributed by atoms with Crippen molar-refractivity contribution in [2.45, 2.75) is 51.9 Å². The summed E-state index contributed by atoms with van der Waals surface area (Å²) in [5.74, 6) is 1.66. The van der Waals surface area contributed by atoms with Gasteiger partial charge in [0, 0.05) is 5.69 Å². The van der Waals surface area contributed by atoms with Gasteiger partial charge in [-0.2, -0.15) is 0 Å². The molecule has 0 aromatic heterocycles. The van der Waals surface area contributed by atoms with Gasteiger partial charge in [0.25, 0.3) is 0 Å². The van der Waals surface area contributed by atoms with Crippen LogP contribution in [0, 0.1) is 0 Å². The van der Waals surface area contributed by atoms with E-state index in [-0.39, 0.29) is 0 Å². The Bertz CT molecular complexity index is 1010. The second kappa shape index (κ2) is 35.5. The van der Waals surface area contributed by atoms with Crippen molar-refractivity contribution in [2.75, 3.05) is 138 Å². The molecule has 52 heavy (non-hydrogen) atoms. The van der Waals surface area contributed by atoms with Crippen molar-refractivity contribution in [3.63, 3.8) is 0 Å². The summed E-state index contributed by atoms with van der Waals surface area (Å²) in [6.45, 7) is 12.5. The molecule has 2 rings (SSSR count). The van der Waals surface area contributed by atoms with Crippen molar-refractivity contribution in [2.24, 2.45) is 0 Å². The number of benzene rings is 2. The maximum atomic E-state index is 5.78. The smallest absolute Gasteiger partial charge is 0.119 e. The first-order valence-corrected chi connectivity index (χ1v) is 19.2. The average molecular weight is 738 g/mol. The summed E-state index contributed by atoms with van der Waals surface area (Å²) >= 11 is 0. The van der Waals surface area contributed by atoms with E-state index in [9.17, 15) is 0 Å². The molecule has 0 atom stereocenters. The molecule has 12 nitrogen and oxygen atoms in total. The Hall–Kier alpha value is -2.52. The summed E-state index contributed by atoms with van der Waals surface area (Å²) in [6.07, 6.45) is 9.08. The van der Waals surface area contributed by atoms with Gasteiger partial charge in [0.15, 0.2) is 0 Å². The van der Waals surface area contributed by atoms with Gasteiger partial charge in [-0.15, -0.1) is 0 Å². The summed E-state index contributed by atoms with van der Waals surface area (Å²) in [6, 6.07) is 15.7. The Kier molecular flexibility index (Phi) is 31.2. The third-order valence-corrected chi connectivity index (χ3v) is 7.59. The van der Waals surface area contributed by atoms with Gasteiger partial charge in [-0.1, -0.05) is 51.2 Å². The Morgan fingerprint density at radius 2 is 0.635 bits per heavy atom. The predicted molar refractivity (Wildman–Crippen MR) is 203 cm³/mol. The molecule has 2 aromatic rings. The van der Waals surface area contributed by atoms with E-state index in [4.69, 9.17) is 57.8 Å². The van der Waals surface area contributed by atoms with Crippen LogP contribution in [-0.2, 0) is 49.1 Å². The zero-order valence-corrected chi connectivity index (χ0v) is 31.8. The van der Waals surface area contributed by atoms with Crippen LogP contribution in [0.2, 0.25) is 0 Å². The summed E-state index contributed by atoms with van der Waals surface area (Å²) < 4.78 is 61.0. The second-order valence-corrected chi connectivity index (χ2v) is 11.9. The predicted octanol–water partition coefficient (Wildman–Crippen LogP) is 5.78. The van der Waals surface area contributed by atoms with Gasteiger partial charge in [0.1, 0.15) is 24.7 Å². The Balaban J connectivity index is 1.18. The van der Waals surface area contributed by atoms with Crippen molar-refractivity contribution >= 4 is 5.69 Å². The topological polar surface area (TPSA) is 128 Å². The van der Waals surface area contributed by atoms with E-state index < -0.39 is 0 Å². The van der Waals surface area contributed by atoms with Crippen LogP contribution in [0.25, 0.3) is 0 Å². The first-order chi connectivity index (χ1) is 25.8. The molecule has 0 fully saturated rings. The Labute approximate surface area is 312 Å². The lowest BCUT2D eigenvalue weighted by molar-refractivity contribution is -0.0257. The molecule has 0 saturated carbocycles. The minimum absolute atomic E-state index is 0.476. The molecule has 0 saturated heterocycles. The van der Waals surface area contributed by atoms with Crippen LogP contribution >= 0.6 is 0 Å². The van der Waals surface area contributed by atoms with Crippen molar-refractivity contribution in [1.82, 2.24) is 0 Å². The highest BCUT2D eigenvalue weighted by Gasteiger charge is 1.99. The zero-order chi connectivity index (χ0) is 36.8. The lowest BCUT2D eigenvalue weighted by Gasteiger charge is -2.09. The van der Waals surface area contributed by atoms with Gasteiger partial charge in [0.2, 0.25) is 0 Å². The van der Waals surface area contributed by atoms with Crippen molar-refractivity contribution in [1.29, 1.82) is 0 Å². The molecule has 12 heteroatoms. The van der Waals surface area contributed by atoms with Gasteiger partial charge < -0.3 is 57.8 Å². The molecule has 0 bridgehead atoms. The fourth-order valence-corrected chi connectivity index (χ4v) is 4.72. The molecular weight excluding hydrogens is 670 g/mol. The van der Waals surface area contributed by atoms with Crippen molar-refractivity contribution in [3.05, 3.63) is 54.1 Å². The van der Waals surface area contributed by atoms with Crippen LogP contribution in [-0.4, -0.2) is 132 Å². The second-order valence-electron chi connectivity index (χ2n) is 11.9. The van der Waals surface area contributed by atoms with Crippen molar-refractivity contribution in [3.8, 4) is 11.5 Å². The van der Waals surface area contributed by atoms with E-state index in [0.29, 0.717) is 138 Å². The summed E-state index contributed by atoms with van der Waals surface area (Å²) in [5, 5.41) is 0. The molecule has 0 amide bonds.